The molecule has 0 aliphatic heterocycles. The lowest BCUT2D eigenvalue weighted by molar-refractivity contribution is -0.144. The van der Waals surface area contributed by atoms with Gasteiger partial charge in [0.15, 0.2) is 6.10 Å². The van der Waals surface area contributed by atoms with Crippen LogP contribution in [0.5, 0.6) is 5.75 Å². The number of benzene rings is 1. The molecule has 1 amide bonds. The Balaban J connectivity index is 2.53. The van der Waals surface area contributed by atoms with Crippen molar-refractivity contribution in [2.45, 2.75) is 13.0 Å². The standard InChI is InChI=1S/C14H14N2O4/c1-8(14(18)19)20-11-5-3-4-10-9(11)6-7-16-12(10)13(17)15-2/h3-8H,1-2H3,(H,15,17)(H,18,19). The molecule has 0 spiro atoms. The van der Waals surface area contributed by atoms with E-state index in [2.05, 4.69) is 10.3 Å². The van der Waals surface area contributed by atoms with E-state index in [1.165, 1.54) is 20.2 Å². The van der Waals surface area contributed by atoms with E-state index in [1.54, 1.807) is 24.3 Å². The van der Waals surface area contributed by atoms with E-state index in [0.29, 0.717) is 16.5 Å². The molecule has 1 unspecified atom stereocenters. The molecule has 0 bridgehead atoms. The van der Waals surface area contributed by atoms with Crippen molar-refractivity contribution in [3.63, 3.8) is 0 Å². The van der Waals surface area contributed by atoms with Crippen molar-refractivity contribution in [2.24, 2.45) is 0 Å². The number of carbonyl (C=O) groups excluding carboxylic acids is 1. The summed E-state index contributed by atoms with van der Waals surface area (Å²) in [5.74, 6) is -0.952. The van der Waals surface area contributed by atoms with Crippen LogP contribution in [0.15, 0.2) is 30.5 Å². The van der Waals surface area contributed by atoms with Crippen LogP contribution in [0.3, 0.4) is 0 Å². The van der Waals surface area contributed by atoms with Crippen molar-refractivity contribution < 1.29 is 19.4 Å². The molecule has 2 aromatic rings. The summed E-state index contributed by atoms with van der Waals surface area (Å²) in [5.41, 5.74) is 0.276. The normalized spacial score (nSPS) is 11.9. The van der Waals surface area contributed by atoms with Crippen LogP contribution < -0.4 is 10.1 Å². The lowest BCUT2D eigenvalue weighted by atomic mass is 10.1. The van der Waals surface area contributed by atoms with Crippen LogP contribution >= 0.6 is 0 Å². The summed E-state index contributed by atoms with van der Waals surface area (Å²) in [7, 11) is 1.52. The predicted molar refractivity (Wildman–Crippen MR) is 72.9 cm³/mol. The number of fused-ring (bicyclic) bond motifs is 1. The quantitative estimate of drug-likeness (QED) is 0.880. The topological polar surface area (TPSA) is 88.5 Å². The van der Waals surface area contributed by atoms with Crippen LogP contribution in [-0.2, 0) is 4.79 Å². The molecule has 2 N–H and O–H groups in total. The SMILES string of the molecule is CNC(=O)c1nccc2c(OC(C)C(=O)O)cccc12. The third-order valence-electron chi connectivity index (χ3n) is 2.86. The maximum atomic E-state index is 11.8. The Morgan fingerprint density at radius 1 is 1.30 bits per heavy atom. The first-order valence-corrected chi connectivity index (χ1v) is 6.04. The van der Waals surface area contributed by atoms with E-state index in [4.69, 9.17) is 9.84 Å². The summed E-state index contributed by atoms with van der Waals surface area (Å²) < 4.78 is 5.40. The smallest absolute Gasteiger partial charge is 0.344 e. The van der Waals surface area contributed by atoms with Gasteiger partial charge < -0.3 is 15.2 Å². The molecule has 1 heterocycles. The maximum Gasteiger partial charge on any atom is 0.344 e. The highest BCUT2D eigenvalue weighted by molar-refractivity contribution is 6.06. The summed E-state index contributed by atoms with van der Waals surface area (Å²) >= 11 is 0. The van der Waals surface area contributed by atoms with E-state index < -0.39 is 12.1 Å². The molecule has 6 heteroatoms. The number of aromatic nitrogens is 1. The molecule has 0 fully saturated rings. The number of amides is 1. The molecule has 6 nitrogen and oxygen atoms in total. The average Bonchev–Trinajstić information content (AvgIpc) is 2.46. The van der Waals surface area contributed by atoms with E-state index in [9.17, 15) is 9.59 Å². The van der Waals surface area contributed by atoms with E-state index >= 15 is 0 Å². The number of hydrogen-bond acceptors (Lipinski definition) is 4. The van der Waals surface area contributed by atoms with Gasteiger partial charge in [0.1, 0.15) is 11.4 Å². The van der Waals surface area contributed by atoms with Crippen LogP contribution in [0.2, 0.25) is 0 Å². The molecule has 0 aliphatic rings. The largest absolute Gasteiger partial charge is 0.479 e. The van der Waals surface area contributed by atoms with Gasteiger partial charge in [-0.1, -0.05) is 12.1 Å². The van der Waals surface area contributed by atoms with Crippen LogP contribution in [0.1, 0.15) is 17.4 Å². The number of ether oxygens (including phenoxy) is 1. The Hall–Kier alpha value is -2.63. The lowest BCUT2D eigenvalue weighted by Gasteiger charge is -2.13. The second-order valence-electron chi connectivity index (χ2n) is 4.19. The zero-order valence-corrected chi connectivity index (χ0v) is 11.1. The fraction of sp³-hybridized carbons (Fsp3) is 0.214. The molecule has 0 radical (unpaired) electrons. The molecule has 104 valence electrons. The fourth-order valence-electron chi connectivity index (χ4n) is 1.82. The minimum Gasteiger partial charge on any atom is -0.479 e. The Bertz CT molecular complexity index is 669. The van der Waals surface area contributed by atoms with Crippen molar-refractivity contribution in [2.75, 3.05) is 7.05 Å². The number of carboxylic acid groups (broad SMARTS) is 1. The van der Waals surface area contributed by atoms with E-state index in [0.717, 1.165) is 0 Å². The highest BCUT2D eigenvalue weighted by atomic mass is 16.5. The zero-order valence-electron chi connectivity index (χ0n) is 11.1. The highest BCUT2D eigenvalue weighted by Crippen LogP contribution is 2.27. The summed E-state index contributed by atoms with van der Waals surface area (Å²) in [6.07, 6.45) is 0.516. The number of aliphatic carboxylic acids is 1. The van der Waals surface area contributed by atoms with Crippen LogP contribution in [0, 0.1) is 0 Å². The van der Waals surface area contributed by atoms with Gasteiger partial charge in [-0.25, -0.2) is 4.79 Å². The third-order valence-corrected chi connectivity index (χ3v) is 2.86. The Morgan fingerprint density at radius 3 is 2.70 bits per heavy atom. The van der Waals surface area contributed by atoms with Crippen molar-refractivity contribution >= 4 is 22.6 Å². The third kappa shape index (κ3) is 2.54. The summed E-state index contributed by atoms with van der Waals surface area (Å²) in [4.78, 5) is 26.7. The van der Waals surface area contributed by atoms with Gasteiger partial charge in [0.2, 0.25) is 0 Å². The Labute approximate surface area is 115 Å². The second kappa shape index (κ2) is 5.56. The summed E-state index contributed by atoms with van der Waals surface area (Å²) in [6, 6.07) is 6.78. The number of nitrogens with zero attached hydrogens (tertiary/aromatic N) is 1. The predicted octanol–water partition coefficient (Wildman–Crippen LogP) is 1.45. The van der Waals surface area contributed by atoms with Gasteiger partial charge in [-0.2, -0.15) is 0 Å². The number of hydrogen-bond donors (Lipinski definition) is 2. The van der Waals surface area contributed by atoms with Crippen molar-refractivity contribution in [3.05, 3.63) is 36.2 Å². The molecular formula is C14H14N2O4. The molecule has 1 atom stereocenters. The van der Waals surface area contributed by atoms with Gasteiger partial charge in [-0.05, 0) is 19.1 Å². The zero-order chi connectivity index (χ0) is 14.7. The number of rotatable bonds is 4. The molecule has 1 aromatic heterocycles. The monoisotopic (exact) mass is 274 g/mol. The number of carbonyl (C=O) groups is 2. The first kappa shape index (κ1) is 13.8. The maximum absolute atomic E-state index is 11.8. The number of carboxylic acids is 1. The lowest BCUT2D eigenvalue weighted by Crippen LogP contribution is -2.23. The van der Waals surface area contributed by atoms with Crippen molar-refractivity contribution in [1.82, 2.24) is 10.3 Å². The van der Waals surface area contributed by atoms with E-state index in [1.807, 2.05) is 0 Å². The first-order chi connectivity index (χ1) is 9.54. The van der Waals surface area contributed by atoms with Gasteiger partial charge >= 0.3 is 5.97 Å². The summed E-state index contributed by atoms with van der Waals surface area (Å²) in [6.45, 7) is 1.45. The Kier molecular flexibility index (Phi) is 3.84. The van der Waals surface area contributed by atoms with E-state index in [-0.39, 0.29) is 11.6 Å². The average molecular weight is 274 g/mol. The highest BCUT2D eigenvalue weighted by Gasteiger charge is 2.16. The molecule has 0 aliphatic carbocycles. The Morgan fingerprint density at radius 2 is 2.05 bits per heavy atom. The van der Waals surface area contributed by atoms with Gasteiger partial charge in [-0.3, -0.25) is 9.78 Å². The molecule has 2 rings (SSSR count). The van der Waals surface area contributed by atoms with Crippen LogP contribution in [-0.4, -0.2) is 35.1 Å². The van der Waals surface area contributed by atoms with Crippen LogP contribution in [0.25, 0.3) is 10.8 Å². The number of pyridine rings is 1. The van der Waals surface area contributed by atoms with Gasteiger partial charge in [0.05, 0.1) is 0 Å². The summed E-state index contributed by atoms with van der Waals surface area (Å²) in [5, 5.41) is 12.7. The molecular weight excluding hydrogens is 260 g/mol. The molecule has 1 aromatic carbocycles. The molecule has 0 saturated heterocycles. The molecule has 0 saturated carbocycles. The fourth-order valence-corrected chi connectivity index (χ4v) is 1.82. The van der Waals surface area contributed by atoms with Gasteiger partial charge in [0, 0.05) is 24.0 Å². The van der Waals surface area contributed by atoms with Crippen LogP contribution in [0.4, 0.5) is 0 Å². The first-order valence-electron chi connectivity index (χ1n) is 6.04. The number of nitrogens with one attached hydrogen (secondary N) is 1. The minimum absolute atomic E-state index is 0.276. The van der Waals surface area contributed by atoms with Crippen molar-refractivity contribution in [1.29, 1.82) is 0 Å². The van der Waals surface area contributed by atoms with Gasteiger partial charge in [-0.15, -0.1) is 0 Å². The van der Waals surface area contributed by atoms with Gasteiger partial charge in [0.25, 0.3) is 5.91 Å². The molecule has 20 heavy (non-hydrogen) atoms. The second-order valence-corrected chi connectivity index (χ2v) is 4.19. The van der Waals surface area contributed by atoms with Crippen molar-refractivity contribution in [3.8, 4) is 5.75 Å². The minimum atomic E-state index is -1.05.